The smallest absolute Gasteiger partial charge is 0 e. The Morgan fingerprint density at radius 2 is 0.400 bits per heavy atom. The Balaban J connectivity index is 0. The third kappa shape index (κ3) is 21.1. The van der Waals surface area contributed by atoms with Crippen molar-refractivity contribution in [2.75, 3.05) is 0 Å². The second kappa shape index (κ2) is 31.6. The van der Waals surface area contributed by atoms with E-state index >= 15 is 0 Å². The third-order valence-electron chi connectivity index (χ3n) is 0. The van der Waals surface area contributed by atoms with E-state index < -0.39 is 0 Å². The summed E-state index contributed by atoms with van der Waals surface area (Å²) in [7, 11) is 0. The van der Waals surface area contributed by atoms with Gasteiger partial charge in [-0.25, -0.2) is 0 Å². The van der Waals surface area contributed by atoms with Gasteiger partial charge in [0, 0.05) is 39.9 Å². The predicted octanol–water partition coefficient (Wildman–Crippen LogP) is 1.69. The molecule has 0 aliphatic carbocycles. The molecule has 0 amide bonds. The van der Waals surface area contributed by atoms with Gasteiger partial charge in [-0.05, 0) is 0 Å². The normalized spacial score (nSPS) is 0. The molecule has 0 nitrogen and oxygen atoms in total. The van der Waals surface area contributed by atoms with Crippen LogP contribution >= 0.6 is 49.6 Å². The van der Waals surface area contributed by atoms with Crippen LogP contribution in [-0.2, 0) is 0 Å². The van der Waals surface area contributed by atoms with Crippen molar-refractivity contribution in [2.45, 2.75) is 0 Å². The zero-order valence-electron chi connectivity index (χ0n) is 2.13. The second-order valence-corrected chi connectivity index (χ2v) is 0. The van der Waals surface area contributed by atoms with Crippen molar-refractivity contribution < 1.29 is 39.9 Å². The minimum atomic E-state index is 0. The van der Waals surface area contributed by atoms with Crippen LogP contribution in [0, 0.1) is 39.9 Å². The summed E-state index contributed by atoms with van der Waals surface area (Å²) in [4.78, 5) is 0. The molecule has 0 radical (unpaired) electrons. The minimum Gasteiger partial charge on any atom is -0.147 e. The first-order chi connectivity index (χ1) is 0. The molecular formula is H4Cl4Th. The van der Waals surface area contributed by atoms with Crippen molar-refractivity contribution >= 4 is 49.6 Å². The Hall–Kier alpha value is 2.48. The van der Waals surface area contributed by atoms with E-state index in [2.05, 4.69) is 0 Å². The average Bonchev–Trinajstić information content (AvgIpc) is 0. The van der Waals surface area contributed by atoms with E-state index in [1.54, 1.807) is 0 Å². The molecule has 0 spiro atoms. The topological polar surface area (TPSA) is 0 Å². The van der Waals surface area contributed by atoms with Crippen molar-refractivity contribution in [3.05, 3.63) is 0 Å². The fraction of sp³-hybridized carbons (Fsp3) is 0. The van der Waals surface area contributed by atoms with E-state index in [9.17, 15) is 0 Å². The molecule has 0 saturated carbocycles. The van der Waals surface area contributed by atoms with E-state index in [1.807, 2.05) is 0 Å². The number of rotatable bonds is 0. The number of hydrogen-bond acceptors (Lipinski definition) is 0. The first-order valence-corrected chi connectivity index (χ1v) is 0. The van der Waals surface area contributed by atoms with Crippen LogP contribution in [0.1, 0.15) is 0 Å². The molecule has 0 N–H and O–H groups in total. The maximum atomic E-state index is 0. The van der Waals surface area contributed by atoms with Crippen LogP contribution in [0.25, 0.3) is 0 Å². The monoisotopic (exact) mass is 376 g/mol. The van der Waals surface area contributed by atoms with Crippen molar-refractivity contribution in [2.24, 2.45) is 0 Å². The van der Waals surface area contributed by atoms with Gasteiger partial charge in [-0.2, -0.15) is 0 Å². The average molecular weight is 378 g/mol. The summed E-state index contributed by atoms with van der Waals surface area (Å²) >= 11 is 0. The van der Waals surface area contributed by atoms with Crippen molar-refractivity contribution in [1.29, 1.82) is 0 Å². The van der Waals surface area contributed by atoms with Gasteiger partial charge >= 0.3 is 0 Å². The van der Waals surface area contributed by atoms with Gasteiger partial charge in [0.1, 0.15) is 0 Å². The molecule has 0 heterocycles. The first kappa shape index (κ1) is 51.0. The van der Waals surface area contributed by atoms with Gasteiger partial charge in [0.05, 0.1) is 0 Å². The zero-order chi connectivity index (χ0) is 0. The zero-order valence-corrected chi connectivity index (χ0v) is 9.51. The summed E-state index contributed by atoms with van der Waals surface area (Å²) in [5.74, 6) is 0. The van der Waals surface area contributed by atoms with Gasteiger partial charge in [0.2, 0.25) is 0 Å². The van der Waals surface area contributed by atoms with E-state index in [-0.39, 0.29) is 89.6 Å². The second-order valence-electron chi connectivity index (χ2n) is 0. The first-order valence-electron chi connectivity index (χ1n) is 0. The minimum absolute atomic E-state index is 0. The quantitative estimate of drug-likeness (QED) is 0.602. The van der Waals surface area contributed by atoms with Crippen LogP contribution in [0.5, 0.6) is 0 Å². The molecule has 0 unspecified atom stereocenters. The molecule has 0 rings (SSSR count). The molecule has 0 saturated heterocycles. The summed E-state index contributed by atoms with van der Waals surface area (Å²) in [5.41, 5.74) is 0. The van der Waals surface area contributed by atoms with Gasteiger partial charge in [0.15, 0.2) is 0 Å². The molecule has 0 aliphatic rings. The van der Waals surface area contributed by atoms with Crippen LogP contribution in [-0.4, -0.2) is 0 Å². The summed E-state index contributed by atoms with van der Waals surface area (Å²) in [6.45, 7) is 0. The van der Waals surface area contributed by atoms with Crippen molar-refractivity contribution in [1.82, 2.24) is 0 Å². The largest absolute Gasteiger partial charge is 0.147 e. The van der Waals surface area contributed by atoms with Crippen LogP contribution in [0.4, 0.5) is 0 Å². The molecule has 0 aliphatic heterocycles. The molecule has 5 heavy (non-hydrogen) atoms. The van der Waals surface area contributed by atoms with Crippen molar-refractivity contribution in [3.8, 4) is 0 Å². The Morgan fingerprint density at radius 1 is 0.400 bits per heavy atom. The Bertz CT molecular complexity index is 3.61. The summed E-state index contributed by atoms with van der Waals surface area (Å²) in [6, 6.07) is 0. The van der Waals surface area contributed by atoms with E-state index in [0.717, 1.165) is 0 Å². The Labute approximate surface area is 88.2 Å². The standard InChI is InChI=1S/4ClH.Th/h4*1H;. The van der Waals surface area contributed by atoms with Crippen LogP contribution in [0.2, 0.25) is 0 Å². The Morgan fingerprint density at radius 3 is 0.400 bits per heavy atom. The maximum absolute atomic E-state index is 0. The Kier molecular flexibility index (Phi) is 322. The maximum Gasteiger partial charge on any atom is 0 e. The van der Waals surface area contributed by atoms with Gasteiger partial charge in [0.25, 0.3) is 0 Å². The molecule has 0 aromatic carbocycles. The van der Waals surface area contributed by atoms with Crippen LogP contribution in [0.3, 0.4) is 0 Å². The van der Waals surface area contributed by atoms with E-state index in [1.165, 1.54) is 0 Å². The fourth-order valence-electron chi connectivity index (χ4n) is 0. The van der Waals surface area contributed by atoms with Gasteiger partial charge in [-0.3, -0.25) is 0 Å². The third-order valence-corrected chi connectivity index (χ3v) is 0. The molecule has 0 fully saturated rings. The van der Waals surface area contributed by atoms with E-state index in [0.29, 0.717) is 0 Å². The van der Waals surface area contributed by atoms with Gasteiger partial charge in [-0.1, -0.05) is 0 Å². The van der Waals surface area contributed by atoms with Crippen molar-refractivity contribution in [3.63, 3.8) is 0 Å². The fourth-order valence-corrected chi connectivity index (χ4v) is 0. The number of hydrogen-bond donors (Lipinski definition) is 0. The summed E-state index contributed by atoms with van der Waals surface area (Å²) < 4.78 is 0. The molecule has 36 valence electrons. The van der Waals surface area contributed by atoms with E-state index in [4.69, 9.17) is 0 Å². The van der Waals surface area contributed by atoms with Gasteiger partial charge in [-0.15, -0.1) is 49.6 Å². The van der Waals surface area contributed by atoms with Crippen LogP contribution < -0.4 is 0 Å². The molecular weight excluding hydrogens is 374 g/mol. The summed E-state index contributed by atoms with van der Waals surface area (Å²) in [6.07, 6.45) is 0. The summed E-state index contributed by atoms with van der Waals surface area (Å²) in [5, 5.41) is 0. The molecule has 0 bridgehead atoms. The molecule has 5 heteroatoms. The van der Waals surface area contributed by atoms with Gasteiger partial charge < -0.3 is 0 Å². The predicted molar refractivity (Wildman–Crippen MR) is 29.0 cm³/mol. The van der Waals surface area contributed by atoms with Crippen LogP contribution in [0.15, 0.2) is 0 Å². The molecule has 0 aromatic heterocycles. The molecule has 0 atom stereocenters. The molecule has 0 aromatic rings. The number of halogens is 4. The SMILES string of the molecule is Cl.Cl.Cl.Cl.[Th].